The molecule has 3 aromatic rings. The third kappa shape index (κ3) is 5.17. The van der Waals surface area contributed by atoms with Crippen LogP contribution in [0.5, 0.6) is 0 Å². The maximum atomic E-state index is 12.0. The molecule has 0 aliphatic heterocycles. The van der Waals surface area contributed by atoms with Crippen molar-refractivity contribution in [3.63, 3.8) is 0 Å². The zero-order valence-electron chi connectivity index (χ0n) is 14.8. The lowest BCUT2D eigenvalue weighted by Crippen LogP contribution is -2.35. The number of tetrazole rings is 1. The number of thioether (sulfide) groups is 1. The van der Waals surface area contributed by atoms with E-state index in [2.05, 4.69) is 26.2 Å². The smallest absolute Gasteiger partial charge is 0.325 e. The summed E-state index contributed by atoms with van der Waals surface area (Å²) in [5.41, 5.74) is 2.67. The van der Waals surface area contributed by atoms with Gasteiger partial charge in [0.1, 0.15) is 12.3 Å². The van der Waals surface area contributed by atoms with Gasteiger partial charge in [0.05, 0.1) is 12.0 Å². The Balaban J connectivity index is 1.50. The van der Waals surface area contributed by atoms with Crippen molar-refractivity contribution in [2.24, 2.45) is 0 Å². The predicted octanol–water partition coefficient (Wildman–Crippen LogP) is 2.37. The molecule has 0 aliphatic rings. The molecule has 2 heterocycles. The lowest BCUT2D eigenvalue weighted by atomic mass is 10.1. The van der Waals surface area contributed by atoms with Gasteiger partial charge in [-0.25, -0.2) is 9.48 Å². The minimum Gasteiger partial charge on any atom is -0.467 e. The molecule has 0 saturated heterocycles. The molecule has 0 aliphatic carbocycles. The summed E-state index contributed by atoms with van der Waals surface area (Å²) in [6, 6.07) is 8.63. The Labute approximate surface area is 159 Å². The molecular formula is C17H18N6O3S. The van der Waals surface area contributed by atoms with Crippen LogP contribution in [0.3, 0.4) is 0 Å². The Morgan fingerprint density at radius 1 is 1.26 bits per heavy atom. The van der Waals surface area contributed by atoms with Gasteiger partial charge in [-0.2, -0.15) is 0 Å². The van der Waals surface area contributed by atoms with Gasteiger partial charge in [0.25, 0.3) is 0 Å². The molecule has 0 bridgehead atoms. The van der Waals surface area contributed by atoms with Crippen LogP contribution >= 0.6 is 11.8 Å². The molecule has 3 amide bonds. The molecule has 0 spiro atoms. The Morgan fingerprint density at radius 3 is 2.85 bits per heavy atom. The van der Waals surface area contributed by atoms with Gasteiger partial charge in [0.15, 0.2) is 0 Å². The lowest BCUT2D eigenvalue weighted by Gasteiger charge is -2.09. The molecule has 2 N–H and O–H groups in total. The normalized spacial score (nSPS) is 10.6. The molecule has 140 valence electrons. The Morgan fingerprint density at radius 2 is 2.11 bits per heavy atom. The summed E-state index contributed by atoms with van der Waals surface area (Å²) < 4.78 is 6.78. The summed E-state index contributed by atoms with van der Waals surface area (Å²) in [6.07, 6.45) is 1.56. The van der Waals surface area contributed by atoms with Crippen molar-refractivity contribution in [3.8, 4) is 0 Å². The lowest BCUT2D eigenvalue weighted by molar-refractivity contribution is -0.117. The number of urea groups is 1. The van der Waals surface area contributed by atoms with E-state index in [0.717, 1.165) is 22.9 Å². The fourth-order valence-electron chi connectivity index (χ4n) is 2.35. The molecule has 3 rings (SSSR count). The van der Waals surface area contributed by atoms with Gasteiger partial charge in [-0.1, -0.05) is 29.5 Å². The standard InChI is InChI=1S/C17H18N6O3S/c1-11-5-6-14(12(2)8-11)18-16(25)19-15(24)10-27-17-20-21-22-23(17)9-13-4-3-7-26-13/h3-8H,9-10H2,1-2H3,(H2,18,19,24,25). The fourth-order valence-corrected chi connectivity index (χ4v) is 3.03. The topological polar surface area (TPSA) is 115 Å². The van der Waals surface area contributed by atoms with Crippen LogP contribution in [-0.2, 0) is 11.3 Å². The number of hydrogen-bond donors (Lipinski definition) is 2. The summed E-state index contributed by atoms with van der Waals surface area (Å²) in [7, 11) is 0. The van der Waals surface area contributed by atoms with Crippen molar-refractivity contribution in [3.05, 3.63) is 53.5 Å². The minimum atomic E-state index is -0.581. The molecule has 1 aromatic carbocycles. The zero-order chi connectivity index (χ0) is 19.2. The average molecular weight is 386 g/mol. The van der Waals surface area contributed by atoms with Crippen LogP contribution in [0.25, 0.3) is 0 Å². The van der Waals surface area contributed by atoms with E-state index in [9.17, 15) is 9.59 Å². The van der Waals surface area contributed by atoms with Crippen molar-refractivity contribution in [1.29, 1.82) is 0 Å². The molecule has 10 heteroatoms. The first-order chi connectivity index (χ1) is 13.0. The number of furan rings is 1. The second kappa shape index (κ2) is 8.49. The maximum Gasteiger partial charge on any atom is 0.325 e. The fraction of sp³-hybridized carbons (Fsp3) is 0.235. The first kappa shape index (κ1) is 18.6. The van der Waals surface area contributed by atoms with Gasteiger partial charge < -0.3 is 9.73 Å². The largest absolute Gasteiger partial charge is 0.467 e. The number of nitrogens with zero attached hydrogens (tertiary/aromatic N) is 4. The summed E-state index contributed by atoms with van der Waals surface area (Å²) >= 11 is 1.13. The van der Waals surface area contributed by atoms with Crippen LogP contribution in [0.2, 0.25) is 0 Å². The number of carbonyl (C=O) groups is 2. The highest BCUT2D eigenvalue weighted by Crippen LogP contribution is 2.16. The summed E-state index contributed by atoms with van der Waals surface area (Å²) in [5, 5.41) is 16.8. The van der Waals surface area contributed by atoms with E-state index in [1.165, 1.54) is 4.68 Å². The van der Waals surface area contributed by atoms with Crippen LogP contribution < -0.4 is 10.6 Å². The molecular weight excluding hydrogens is 368 g/mol. The molecule has 27 heavy (non-hydrogen) atoms. The van der Waals surface area contributed by atoms with Crippen LogP contribution in [0.15, 0.2) is 46.2 Å². The number of anilines is 1. The van der Waals surface area contributed by atoms with Crippen molar-refractivity contribution >= 4 is 29.4 Å². The number of nitrogens with one attached hydrogen (secondary N) is 2. The number of carbonyl (C=O) groups excluding carboxylic acids is 2. The van der Waals surface area contributed by atoms with Crippen molar-refractivity contribution in [1.82, 2.24) is 25.5 Å². The van der Waals surface area contributed by atoms with Gasteiger partial charge >= 0.3 is 6.03 Å². The first-order valence-electron chi connectivity index (χ1n) is 8.10. The van der Waals surface area contributed by atoms with Crippen LogP contribution in [0.4, 0.5) is 10.5 Å². The highest BCUT2D eigenvalue weighted by Gasteiger charge is 2.14. The SMILES string of the molecule is Cc1ccc(NC(=O)NC(=O)CSc2nnnn2Cc2ccco2)c(C)c1. The first-order valence-corrected chi connectivity index (χ1v) is 9.09. The van der Waals surface area contributed by atoms with E-state index < -0.39 is 11.9 Å². The summed E-state index contributed by atoms with van der Waals surface area (Å²) in [5.74, 6) is 0.245. The number of rotatable bonds is 6. The van der Waals surface area contributed by atoms with Crippen molar-refractivity contribution in [2.45, 2.75) is 25.5 Å². The number of benzene rings is 1. The Hall–Kier alpha value is -3.14. The maximum absolute atomic E-state index is 12.0. The number of aromatic nitrogens is 4. The predicted molar refractivity (Wildman–Crippen MR) is 99.4 cm³/mol. The molecule has 9 nitrogen and oxygen atoms in total. The number of aryl methyl sites for hydroxylation is 2. The van der Waals surface area contributed by atoms with Crippen molar-refractivity contribution in [2.75, 3.05) is 11.1 Å². The monoisotopic (exact) mass is 386 g/mol. The zero-order valence-corrected chi connectivity index (χ0v) is 15.6. The molecule has 0 radical (unpaired) electrons. The van der Waals surface area contributed by atoms with Crippen molar-refractivity contribution < 1.29 is 14.0 Å². The van der Waals surface area contributed by atoms with Gasteiger partial charge in [0, 0.05) is 5.69 Å². The minimum absolute atomic E-state index is 0.00116. The van der Waals surface area contributed by atoms with Crippen LogP contribution in [0.1, 0.15) is 16.9 Å². The van der Waals surface area contributed by atoms with Gasteiger partial charge in [0.2, 0.25) is 11.1 Å². The Bertz CT molecular complexity index is 938. The van der Waals surface area contributed by atoms with Gasteiger partial charge in [-0.05, 0) is 48.0 Å². The summed E-state index contributed by atoms with van der Waals surface area (Å²) in [4.78, 5) is 24.0. The number of hydrogen-bond acceptors (Lipinski definition) is 7. The number of imide groups is 1. The highest BCUT2D eigenvalue weighted by molar-refractivity contribution is 7.99. The molecule has 0 atom stereocenters. The van der Waals surface area contributed by atoms with Crippen LogP contribution in [0, 0.1) is 13.8 Å². The third-order valence-corrected chi connectivity index (χ3v) is 4.56. The number of amides is 3. The van der Waals surface area contributed by atoms with E-state index in [0.29, 0.717) is 23.1 Å². The van der Waals surface area contributed by atoms with E-state index in [-0.39, 0.29) is 5.75 Å². The molecule has 0 unspecified atom stereocenters. The highest BCUT2D eigenvalue weighted by atomic mass is 32.2. The summed E-state index contributed by atoms with van der Waals surface area (Å²) in [6.45, 7) is 4.22. The second-order valence-electron chi connectivity index (χ2n) is 5.81. The third-order valence-electron chi connectivity index (χ3n) is 3.60. The molecule has 0 saturated carbocycles. The quantitative estimate of drug-likeness (QED) is 0.625. The Kier molecular flexibility index (Phi) is 5.87. The van der Waals surface area contributed by atoms with Crippen LogP contribution in [-0.4, -0.2) is 37.9 Å². The van der Waals surface area contributed by atoms with E-state index in [4.69, 9.17) is 4.42 Å². The second-order valence-corrected chi connectivity index (χ2v) is 6.75. The van der Waals surface area contributed by atoms with E-state index in [1.807, 2.05) is 26.0 Å². The molecule has 2 aromatic heterocycles. The average Bonchev–Trinajstić information content (AvgIpc) is 3.28. The van der Waals surface area contributed by atoms with Gasteiger partial charge in [-0.3, -0.25) is 10.1 Å². The van der Waals surface area contributed by atoms with E-state index in [1.54, 1.807) is 24.5 Å². The van der Waals surface area contributed by atoms with Gasteiger partial charge in [-0.15, -0.1) is 5.10 Å². The van der Waals surface area contributed by atoms with E-state index >= 15 is 0 Å². The molecule has 0 fully saturated rings.